The zero-order chi connectivity index (χ0) is 17.3. The predicted molar refractivity (Wildman–Crippen MR) is 86.4 cm³/mol. The summed E-state index contributed by atoms with van der Waals surface area (Å²) in [5.41, 5.74) is 0.769. The number of hydrogen-bond acceptors (Lipinski definition) is 3. The van der Waals surface area contributed by atoms with E-state index in [4.69, 9.17) is 5.11 Å². The topological polar surface area (TPSA) is 70.5 Å². The molecule has 0 saturated carbocycles. The number of carboxylic acid groups (broad SMARTS) is 1. The van der Waals surface area contributed by atoms with Crippen LogP contribution in [0, 0.1) is 6.92 Å². The lowest BCUT2D eigenvalue weighted by atomic mass is 10.0. The fraction of sp³-hybridized carbons (Fsp3) is 0.278. The van der Waals surface area contributed by atoms with E-state index in [9.17, 15) is 14.0 Å². The van der Waals surface area contributed by atoms with Gasteiger partial charge in [-0.05, 0) is 18.6 Å². The predicted octanol–water partition coefficient (Wildman–Crippen LogP) is 2.70. The van der Waals surface area contributed by atoms with Crippen molar-refractivity contribution in [1.29, 1.82) is 0 Å². The third-order valence-corrected chi connectivity index (χ3v) is 4.23. The maximum atomic E-state index is 14.1. The minimum atomic E-state index is -2.36. The molecule has 1 aromatic carbocycles. The second-order valence-corrected chi connectivity index (χ2v) is 6.08. The molecule has 0 radical (unpaired) electrons. The molecular weight excluding hydrogens is 311 g/mol. The summed E-state index contributed by atoms with van der Waals surface area (Å²) >= 11 is 0. The monoisotopic (exact) mass is 328 g/mol. The molecule has 24 heavy (non-hydrogen) atoms. The fourth-order valence-corrected chi connectivity index (χ4v) is 2.84. The van der Waals surface area contributed by atoms with Crippen molar-refractivity contribution in [2.75, 3.05) is 13.1 Å². The van der Waals surface area contributed by atoms with E-state index in [1.165, 1.54) is 11.1 Å². The minimum absolute atomic E-state index is 0.0797. The average Bonchev–Trinajstić information content (AvgIpc) is 2.98. The third-order valence-electron chi connectivity index (χ3n) is 4.23. The van der Waals surface area contributed by atoms with Crippen LogP contribution in [0.5, 0.6) is 0 Å². The molecule has 1 aliphatic heterocycles. The van der Waals surface area contributed by atoms with Gasteiger partial charge < -0.3 is 10.0 Å². The number of carboxylic acids is 1. The molecule has 1 saturated heterocycles. The highest BCUT2D eigenvalue weighted by Crippen LogP contribution is 2.28. The van der Waals surface area contributed by atoms with Crippen molar-refractivity contribution in [3.63, 3.8) is 0 Å². The normalized spacial score (nSPS) is 20.2. The molecule has 2 aromatic rings. The third kappa shape index (κ3) is 2.99. The second kappa shape index (κ2) is 6.03. The van der Waals surface area contributed by atoms with Crippen molar-refractivity contribution in [2.45, 2.75) is 19.0 Å². The highest BCUT2D eigenvalue weighted by atomic mass is 19.1. The first-order valence-electron chi connectivity index (χ1n) is 7.63. The Morgan fingerprint density at radius 3 is 2.71 bits per heavy atom. The Morgan fingerprint density at radius 2 is 2.04 bits per heavy atom. The van der Waals surface area contributed by atoms with Crippen molar-refractivity contribution in [3.8, 4) is 11.1 Å². The van der Waals surface area contributed by atoms with Crippen LogP contribution < -0.4 is 0 Å². The Morgan fingerprint density at radius 1 is 1.25 bits per heavy atom. The molecule has 124 valence electrons. The first kappa shape index (κ1) is 16.1. The van der Waals surface area contributed by atoms with E-state index in [0.29, 0.717) is 5.56 Å². The Bertz CT molecular complexity index is 808. The first-order chi connectivity index (χ1) is 11.4. The largest absolute Gasteiger partial charge is 0.479 e. The number of pyridine rings is 1. The van der Waals surface area contributed by atoms with E-state index in [1.807, 2.05) is 31.2 Å². The zero-order valence-corrected chi connectivity index (χ0v) is 13.2. The number of aryl methyl sites for hydroxylation is 1. The Kier molecular flexibility index (Phi) is 4.05. The summed E-state index contributed by atoms with van der Waals surface area (Å²) in [5, 5.41) is 8.94. The Labute approximate surface area is 138 Å². The smallest absolute Gasteiger partial charge is 0.343 e. The summed E-state index contributed by atoms with van der Waals surface area (Å²) in [6.07, 6.45) is 2.88. The molecule has 0 aliphatic carbocycles. The van der Waals surface area contributed by atoms with Crippen molar-refractivity contribution in [3.05, 3.63) is 53.9 Å². The van der Waals surface area contributed by atoms with Crippen molar-refractivity contribution in [2.24, 2.45) is 0 Å². The number of carbonyl (C=O) groups is 2. The van der Waals surface area contributed by atoms with Gasteiger partial charge in [0.15, 0.2) is 0 Å². The fourth-order valence-electron chi connectivity index (χ4n) is 2.84. The van der Waals surface area contributed by atoms with Gasteiger partial charge in [-0.15, -0.1) is 0 Å². The van der Waals surface area contributed by atoms with Crippen molar-refractivity contribution in [1.82, 2.24) is 9.88 Å². The SMILES string of the molecule is Cc1cccc(-c2cncc(C(=O)N3CCC(F)(C(=O)O)C3)c2)c1. The summed E-state index contributed by atoms with van der Waals surface area (Å²) in [6, 6.07) is 9.50. The van der Waals surface area contributed by atoms with Gasteiger partial charge in [-0.3, -0.25) is 9.78 Å². The van der Waals surface area contributed by atoms with Gasteiger partial charge in [-0.1, -0.05) is 29.8 Å². The summed E-state index contributed by atoms with van der Waals surface area (Å²) in [7, 11) is 0. The quantitative estimate of drug-likeness (QED) is 0.940. The number of nitrogens with zero attached hydrogens (tertiary/aromatic N) is 2. The highest BCUT2D eigenvalue weighted by molar-refractivity contribution is 5.96. The van der Waals surface area contributed by atoms with Gasteiger partial charge in [0, 0.05) is 30.9 Å². The number of alkyl halides is 1. The first-order valence-corrected chi connectivity index (χ1v) is 7.63. The van der Waals surface area contributed by atoms with E-state index in [1.54, 1.807) is 12.3 Å². The van der Waals surface area contributed by atoms with Gasteiger partial charge >= 0.3 is 5.97 Å². The lowest BCUT2D eigenvalue weighted by molar-refractivity contribution is -0.149. The number of aromatic nitrogens is 1. The van der Waals surface area contributed by atoms with Gasteiger partial charge in [0.2, 0.25) is 5.67 Å². The van der Waals surface area contributed by atoms with Gasteiger partial charge in [-0.25, -0.2) is 9.18 Å². The summed E-state index contributed by atoms with van der Waals surface area (Å²) < 4.78 is 14.1. The second-order valence-electron chi connectivity index (χ2n) is 6.08. The molecule has 1 atom stereocenters. The Balaban J connectivity index is 1.84. The summed E-state index contributed by atoms with van der Waals surface area (Å²) in [4.78, 5) is 28.8. The highest BCUT2D eigenvalue weighted by Gasteiger charge is 2.47. The van der Waals surface area contributed by atoms with Crippen LogP contribution in [0.4, 0.5) is 4.39 Å². The van der Waals surface area contributed by atoms with E-state index in [-0.39, 0.29) is 13.0 Å². The lowest BCUT2D eigenvalue weighted by Crippen LogP contribution is -2.38. The molecule has 0 bridgehead atoms. The van der Waals surface area contributed by atoms with Crippen LogP contribution in [0.15, 0.2) is 42.7 Å². The number of carbonyl (C=O) groups excluding carboxylic acids is 1. The number of benzene rings is 1. The van der Waals surface area contributed by atoms with Gasteiger partial charge in [0.25, 0.3) is 5.91 Å². The number of rotatable bonds is 3. The van der Waals surface area contributed by atoms with Crippen molar-refractivity contribution >= 4 is 11.9 Å². The van der Waals surface area contributed by atoms with Crippen LogP contribution in [0.3, 0.4) is 0 Å². The molecule has 1 amide bonds. The van der Waals surface area contributed by atoms with Gasteiger partial charge in [0.05, 0.1) is 12.1 Å². The summed E-state index contributed by atoms with van der Waals surface area (Å²) in [6.45, 7) is 1.62. The zero-order valence-electron chi connectivity index (χ0n) is 13.2. The maximum absolute atomic E-state index is 14.1. The van der Waals surface area contributed by atoms with Crippen LogP contribution in [-0.2, 0) is 4.79 Å². The van der Waals surface area contributed by atoms with E-state index in [2.05, 4.69) is 4.98 Å². The van der Waals surface area contributed by atoms with Crippen LogP contribution in [0.25, 0.3) is 11.1 Å². The molecule has 1 unspecified atom stereocenters. The molecule has 2 heterocycles. The molecule has 1 aliphatic rings. The minimum Gasteiger partial charge on any atom is -0.479 e. The molecule has 1 N–H and O–H groups in total. The molecule has 0 spiro atoms. The molecule has 3 rings (SSSR count). The van der Waals surface area contributed by atoms with E-state index in [0.717, 1.165) is 16.7 Å². The number of halogens is 1. The van der Waals surface area contributed by atoms with Crippen LogP contribution in [0.1, 0.15) is 22.3 Å². The molecular formula is C18H17FN2O3. The molecule has 5 nitrogen and oxygen atoms in total. The van der Waals surface area contributed by atoms with Gasteiger partial charge in [0.1, 0.15) is 0 Å². The van der Waals surface area contributed by atoms with E-state index < -0.39 is 24.1 Å². The lowest BCUT2D eigenvalue weighted by Gasteiger charge is -2.18. The standard InChI is InChI=1S/C18H17FN2O3/c1-12-3-2-4-13(7-12)14-8-15(10-20-9-14)16(22)21-6-5-18(19,11-21)17(23)24/h2-4,7-10H,5-6,11H2,1H3,(H,23,24). The van der Waals surface area contributed by atoms with Crippen LogP contribution in [0.2, 0.25) is 0 Å². The van der Waals surface area contributed by atoms with Crippen molar-refractivity contribution < 1.29 is 19.1 Å². The van der Waals surface area contributed by atoms with Crippen LogP contribution >= 0.6 is 0 Å². The van der Waals surface area contributed by atoms with Crippen LogP contribution in [-0.4, -0.2) is 45.6 Å². The number of aliphatic carboxylic acids is 1. The number of hydrogen-bond donors (Lipinski definition) is 1. The maximum Gasteiger partial charge on any atom is 0.343 e. The number of likely N-dealkylation sites (tertiary alicyclic amines) is 1. The summed E-state index contributed by atoms with van der Waals surface area (Å²) in [5.74, 6) is -1.93. The molecule has 1 aromatic heterocycles. The molecule has 6 heteroatoms. The van der Waals surface area contributed by atoms with E-state index >= 15 is 0 Å². The number of amides is 1. The van der Waals surface area contributed by atoms with Gasteiger partial charge in [-0.2, -0.15) is 0 Å². The Hall–Kier alpha value is -2.76. The average molecular weight is 328 g/mol. The molecule has 1 fully saturated rings.